The Labute approximate surface area is 155 Å². The summed E-state index contributed by atoms with van der Waals surface area (Å²) in [5.41, 5.74) is 2.43. The van der Waals surface area contributed by atoms with Crippen molar-refractivity contribution in [3.8, 4) is 0 Å². The lowest BCUT2D eigenvalue weighted by Gasteiger charge is -2.01. The van der Waals surface area contributed by atoms with Gasteiger partial charge in [-0.25, -0.2) is 0 Å². The van der Waals surface area contributed by atoms with E-state index in [-0.39, 0.29) is 12.3 Å². The quantitative estimate of drug-likeness (QED) is 0.543. The van der Waals surface area contributed by atoms with Crippen molar-refractivity contribution in [2.45, 2.75) is 19.3 Å². The Bertz CT molecular complexity index is 1040. The maximum absolute atomic E-state index is 12.1. The second-order valence-corrected chi connectivity index (χ2v) is 6.17. The van der Waals surface area contributed by atoms with Gasteiger partial charge >= 0.3 is 0 Å². The first-order valence-corrected chi connectivity index (χ1v) is 8.73. The molecule has 2 heterocycles. The second kappa shape index (κ2) is 7.82. The number of nitrogens with zero attached hydrogens (tertiary/aromatic N) is 3. The molecule has 1 N–H and O–H groups in total. The number of benzene rings is 2. The molecule has 0 aliphatic rings. The fourth-order valence-corrected chi connectivity index (χ4v) is 2.83. The molecule has 0 fully saturated rings. The van der Waals surface area contributed by atoms with Crippen molar-refractivity contribution in [2.24, 2.45) is 0 Å². The molecule has 2 aromatic carbocycles. The van der Waals surface area contributed by atoms with Crippen LogP contribution in [0.25, 0.3) is 11.0 Å². The van der Waals surface area contributed by atoms with E-state index in [9.17, 15) is 4.79 Å². The topological polar surface area (TPSA) is 94.1 Å². The Hall–Kier alpha value is -3.48. The summed E-state index contributed by atoms with van der Waals surface area (Å²) in [4.78, 5) is 16.5. The van der Waals surface area contributed by atoms with E-state index in [4.69, 9.17) is 9.05 Å². The van der Waals surface area contributed by atoms with Crippen molar-refractivity contribution in [3.63, 3.8) is 0 Å². The van der Waals surface area contributed by atoms with Crippen molar-refractivity contribution < 1.29 is 13.8 Å². The second-order valence-electron chi connectivity index (χ2n) is 6.17. The highest BCUT2D eigenvalue weighted by atomic mass is 16.5. The van der Waals surface area contributed by atoms with Gasteiger partial charge in [-0.3, -0.25) is 4.79 Å². The number of carbonyl (C=O) groups excluding carboxylic acids is 1. The van der Waals surface area contributed by atoms with Gasteiger partial charge in [0.15, 0.2) is 11.4 Å². The van der Waals surface area contributed by atoms with Crippen molar-refractivity contribution in [1.82, 2.24) is 20.6 Å². The largest absolute Gasteiger partial charge is 0.356 e. The minimum absolute atomic E-state index is 0.127. The van der Waals surface area contributed by atoms with Crippen LogP contribution in [0, 0.1) is 0 Å². The Morgan fingerprint density at radius 1 is 0.963 bits per heavy atom. The predicted molar refractivity (Wildman–Crippen MR) is 98.0 cm³/mol. The molecule has 4 aromatic rings. The van der Waals surface area contributed by atoms with E-state index in [1.807, 2.05) is 54.6 Å². The van der Waals surface area contributed by atoms with E-state index in [1.165, 1.54) is 0 Å². The normalized spacial score (nSPS) is 11.0. The van der Waals surface area contributed by atoms with Gasteiger partial charge in [0.2, 0.25) is 11.8 Å². The van der Waals surface area contributed by atoms with Crippen LogP contribution in [0.5, 0.6) is 0 Å². The molecule has 1 amide bonds. The molecule has 0 atom stereocenters. The Balaban J connectivity index is 1.26. The summed E-state index contributed by atoms with van der Waals surface area (Å²) < 4.78 is 10.5. The van der Waals surface area contributed by atoms with Crippen LogP contribution in [0.1, 0.15) is 23.0 Å². The van der Waals surface area contributed by atoms with Crippen molar-refractivity contribution in [2.75, 3.05) is 6.54 Å². The average molecular weight is 362 g/mol. The molecule has 2 aromatic heterocycles. The molecule has 0 radical (unpaired) electrons. The van der Waals surface area contributed by atoms with Gasteiger partial charge in [0, 0.05) is 24.8 Å². The summed E-state index contributed by atoms with van der Waals surface area (Å²) in [6.45, 7) is 0.418. The molecule has 136 valence electrons. The molecule has 0 aliphatic carbocycles. The average Bonchev–Trinajstić information content (AvgIpc) is 3.30. The number of hydrogen-bond donors (Lipinski definition) is 1. The zero-order valence-corrected chi connectivity index (χ0v) is 14.6. The van der Waals surface area contributed by atoms with Crippen LogP contribution in [0.2, 0.25) is 0 Å². The lowest BCUT2D eigenvalue weighted by atomic mass is 10.1. The third-order valence-corrected chi connectivity index (χ3v) is 4.16. The number of carbonyl (C=O) groups is 1. The number of amides is 1. The van der Waals surface area contributed by atoms with Crippen molar-refractivity contribution >= 4 is 16.9 Å². The predicted octanol–water partition coefficient (Wildman–Crippen LogP) is 2.70. The summed E-state index contributed by atoms with van der Waals surface area (Å²) in [6.07, 6.45) is 1.27. The summed E-state index contributed by atoms with van der Waals surface area (Å²) in [5, 5.41) is 11.7. The third kappa shape index (κ3) is 4.20. The Morgan fingerprint density at radius 3 is 2.67 bits per heavy atom. The zero-order chi connectivity index (χ0) is 18.5. The van der Waals surface area contributed by atoms with Gasteiger partial charge in [0.1, 0.15) is 5.69 Å². The van der Waals surface area contributed by atoms with Crippen LogP contribution in [0.3, 0.4) is 0 Å². The SMILES string of the molecule is O=C(Cc1noc2ccccc12)NCCc1nc(Cc2ccccc2)no1. The summed E-state index contributed by atoms with van der Waals surface area (Å²) in [6, 6.07) is 17.4. The van der Waals surface area contributed by atoms with Gasteiger partial charge in [0.25, 0.3) is 0 Å². The summed E-state index contributed by atoms with van der Waals surface area (Å²) in [5.74, 6) is 1.02. The first kappa shape index (κ1) is 17.0. The van der Waals surface area contributed by atoms with Crippen LogP contribution in [0.4, 0.5) is 0 Å². The van der Waals surface area contributed by atoms with Crippen LogP contribution < -0.4 is 5.32 Å². The summed E-state index contributed by atoms with van der Waals surface area (Å²) in [7, 11) is 0. The minimum Gasteiger partial charge on any atom is -0.356 e. The van der Waals surface area contributed by atoms with E-state index >= 15 is 0 Å². The van der Waals surface area contributed by atoms with E-state index in [2.05, 4.69) is 20.6 Å². The number of nitrogens with one attached hydrogen (secondary N) is 1. The standard InChI is InChI=1S/C20H18N4O3/c25-19(13-16-15-8-4-5-9-17(15)26-23-16)21-11-10-20-22-18(24-27-20)12-14-6-2-1-3-7-14/h1-9H,10-13H2,(H,21,25). The van der Waals surface area contributed by atoms with Crippen molar-refractivity contribution in [1.29, 1.82) is 0 Å². The monoisotopic (exact) mass is 362 g/mol. The third-order valence-electron chi connectivity index (χ3n) is 4.16. The number of rotatable bonds is 7. The molecule has 0 bridgehead atoms. The maximum Gasteiger partial charge on any atom is 0.228 e. The molecule has 7 nitrogen and oxygen atoms in total. The molecular formula is C20H18N4O3. The fraction of sp³-hybridized carbons (Fsp3) is 0.200. The van der Waals surface area contributed by atoms with E-state index in [0.29, 0.717) is 42.4 Å². The van der Waals surface area contributed by atoms with Crippen LogP contribution in [-0.2, 0) is 24.1 Å². The molecule has 0 aliphatic heterocycles. The number of fused-ring (bicyclic) bond motifs is 1. The molecule has 7 heteroatoms. The Kier molecular flexibility index (Phi) is 4.91. The smallest absolute Gasteiger partial charge is 0.228 e. The molecule has 0 spiro atoms. The van der Waals surface area contributed by atoms with Crippen molar-refractivity contribution in [3.05, 3.63) is 77.6 Å². The fourth-order valence-electron chi connectivity index (χ4n) is 2.83. The van der Waals surface area contributed by atoms with Gasteiger partial charge in [-0.2, -0.15) is 4.98 Å². The van der Waals surface area contributed by atoms with E-state index < -0.39 is 0 Å². The first-order valence-electron chi connectivity index (χ1n) is 8.73. The molecule has 0 saturated carbocycles. The van der Waals surface area contributed by atoms with Gasteiger partial charge in [-0.05, 0) is 17.7 Å². The highest BCUT2D eigenvalue weighted by Crippen LogP contribution is 2.17. The van der Waals surface area contributed by atoms with Gasteiger partial charge in [-0.1, -0.05) is 52.8 Å². The zero-order valence-electron chi connectivity index (χ0n) is 14.6. The van der Waals surface area contributed by atoms with E-state index in [1.54, 1.807) is 0 Å². The van der Waals surface area contributed by atoms with Crippen LogP contribution in [0.15, 0.2) is 63.6 Å². The lowest BCUT2D eigenvalue weighted by molar-refractivity contribution is -0.120. The molecule has 0 unspecified atom stereocenters. The van der Waals surface area contributed by atoms with Crippen LogP contribution >= 0.6 is 0 Å². The lowest BCUT2D eigenvalue weighted by Crippen LogP contribution is -2.27. The molecule has 4 rings (SSSR count). The van der Waals surface area contributed by atoms with Gasteiger partial charge < -0.3 is 14.4 Å². The highest BCUT2D eigenvalue weighted by Gasteiger charge is 2.12. The van der Waals surface area contributed by atoms with Crippen LogP contribution in [-0.4, -0.2) is 27.7 Å². The Morgan fingerprint density at radius 2 is 1.78 bits per heavy atom. The highest BCUT2D eigenvalue weighted by molar-refractivity contribution is 5.86. The number of para-hydroxylation sites is 1. The number of aromatic nitrogens is 3. The first-order chi connectivity index (χ1) is 13.3. The molecular weight excluding hydrogens is 344 g/mol. The van der Waals surface area contributed by atoms with Gasteiger partial charge in [-0.15, -0.1) is 0 Å². The van der Waals surface area contributed by atoms with E-state index in [0.717, 1.165) is 10.9 Å². The van der Waals surface area contributed by atoms with Gasteiger partial charge in [0.05, 0.1) is 6.42 Å². The maximum atomic E-state index is 12.1. The number of hydrogen-bond acceptors (Lipinski definition) is 6. The molecule has 27 heavy (non-hydrogen) atoms. The molecule has 0 saturated heterocycles. The summed E-state index contributed by atoms with van der Waals surface area (Å²) >= 11 is 0. The minimum atomic E-state index is -0.127.